The SMILES string of the molecule is COc1cc2c(c3c1c(=O)c1ccccc1n3C)C(O)C(=O)C(C)(C)O2. The van der Waals surface area contributed by atoms with Crippen LogP contribution in [0.3, 0.4) is 0 Å². The first-order valence-corrected chi connectivity index (χ1v) is 8.31. The van der Waals surface area contributed by atoms with E-state index < -0.39 is 17.5 Å². The van der Waals surface area contributed by atoms with Gasteiger partial charge in [-0.2, -0.15) is 0 Å². The van der Waals surface area contributed by atoms with Gasteiger partial charge in [-0.3, -0.25) is 9.59 Å². The Morgan fingerprint density at radius 3 is 2.62 bits per heavy atom. The predicted octanol–water partition coefficient (Wildman–Crippen LogP) is 2.47. The van der Waals surface area contributed by atoms with Crippen LogP contribution in [0.2, 0.25) is 0 Å². The maximum atomic E-state index is 13.1. The van der Waals surface area contributed by atoms with E-state index in [-0.39, 0.29) is 5.43 Å². The number of para-hydroxylation sites is 1. The summed E-state index contributed by atoms with van der Waals surface area (Å²) in [6, 6.07) is 8.78. The summed E-state index contributed by atoms with van der Waals surface area (Å²) in [6.07, 6.45) is -1.38. The van der Waals surface area contributed by atoms with E-state index in [1.807, 2.05) is 12.1 Å². The van der Waals surface area contributed by atoms with Gasteiger partial charge in [-0.15, -0.1) is 0 Å². The van der Waals surface area contributed by atoms with Gasteiger partial charge < -0.3 is 19.1 Å². The number of hydrogen-bond donors (Lipinski definition) is 1. The highest BCUT2D eigenvalue weighted by Gasteiger charge is 2.43. The van der Waals surface area contributed by atoms with Crippen LogP contribution in [-0.2, 0) is 11.8 Å². The lowest BCUT2D eigenvalue weighted by Gasteiger charge is -2.35. The van der Waals surface area contributed by atoms with E-state index in [1.54, 1.807) is 43.7 Å². The number of carbonyl (C=O) groups is 1. The Kier molecular flexibility index (Phi) is 3.39. The molecule has 0 amide bonds. The molecule has 6 heteroatoms. The Balaban J connectivity index is 2.27. The fourth-order valence-electron chi connectivity index (χ4n) is 3.71. The van der Waals surface area contributed by atoms with Gasteiger partial charge in [-0.1, -0.05) is 12.1 Å². The van der Waals surface area contributed by atoms with E-state index in [0.717, 1.165) is 0 Å². The molecule has 0 radical (unpaired) electrons. The van der Waals surface area contributed by atoms with Gasteiger partial charge in [-0.05, 0) is 26.0 Å². The summed E-state index contributed by atoms with van der Waals surface area (Å²) in [5.41, 5.74) is 0.0681. The minimum Gasteiger partial charge on any atom is -0.496 e. The quantitative estimate of drug-likeness (QED) is 0.680. The number of ketones is 1. The number of nitrogens with zero attached hydrogens (tertiary/aromatic N) is 1. The number of aromatic nitrogens is 1. The van der Waals surface area contributed by atoms with E-state index in [4.69, 9.17) is 9.47 Å². The Labute approximate surface area is 149 Å². The van der Waals surface area contributed by atoms with Gasteiger partial charge in [0.05, 0.1) is 29.1 Å². The zero-order chi connectivity index (χ0) is 18.8. The molecule has 1 aliphatic heterocycles. The average Bonchev–Trinajstić information content (AvgIpc) is 2.62. The Hall–Kier alpha value is -2.86. The first-order valence-electron chi connectivity index (χ1n) is 8.31. The molecule has 0 fully saturated rings. The minimum absolute atomic E-state index is 0.210. The van der Waals surface area contributed by atoms with Gasteiger partial charge in [0, 0.05) is 18.5 Å². The van der Waals surface area contributed by atoms with Crippen molar-refractivity contribution in [3.05, 3.63) is 46.1 Å². The third-order valence-electron chi connectivity index (χ3n) is 5.04. The number of methoxy groups -OCH3 is 1. The van der Waals surface area contributed by atoms with Crippen LogP contribution >= 0.6 is 0 Å². The molecule has 0 bridgehead atoms. The van der Waals surface area contributed by atoms with Gasteiger partial charge in [0.25, 0.3) is 0 Å². The predicted molar refractivity (Wildman–Crippen MR) is 97.9 cm³/mol. The number of pyridine rings is 1. The van der Waals surface area contributed by atoms with E-state index >= 15 is 0 Å². The molecule has 134 valence electrons. The molecule has 1 aliphatic rings. The molecular formula is C20H19NO5. The van der Waals surface area contributed by atoms with Crippen molar-refractivity contribution in [2.24, 2.45) is 7.05 Å². The van der Waals surface area contributed by atoms with Gasteiger partial charge in [0.2, 0.25) is 11.2 Å². The second kappa shape index (κ2) is 5.32. The summed E-state index contributed by atoms with van der Waals surface area (Å²) in [6.45, 7) is 3.22. The van der Waals surface area contributed by atoms with Crippen molar-refractivity contribution in [2.75, 3.05) is 7.11 Å². The Bertz CT molecular complexity index is 1140. The fraction of sp³-hybridized carbons (Fsp3) is 0.300. The molecule has 6 nitrogen and oxygen atoms in total. The topological polar surface area (TPSA) is 77.8 Å². The largest absolute Gasteiger partial charge is 0.496 e. The third kappa shape index (κ3) is 2.02. The highest BCUT2D eigenvalue weighted by Crippen LogP contribution is 2.44. The maximum Gasteiger partial charge on any atom is 0.208 e. The molecule has 0 aliphatic carbocycles. The van der Waals surface area contributed by atoms with Crippen LogP contribution < -0.4 is 14.9 Å². The average molecular weight is 353 g/mol. The summed E-state index contributed by atoms with van der Waals surface area (Å²) in [4.78, 5) is 25.7. The molecule has 0 saturated heterocycles. The molecule has 26 heavy (non-hydrogen) atoms. The summed E-state index contributed by atoms with van der Waals surface area (Å²) in [5.74, 6) is 0.247. The zero-order valence-electron chi connectivity index (χ0n) is 15.0. The lowest BCUT2D eigenvalue weighted by Crippen LogP contribution is -2.45. The zero-order valence-corrected chi connectivity index (χ0v) is 15.0. The summed E-state index contributed by atoms with van der Waals surface area (Å²) in [7, 11) is 3.27. The number of aliphatic hydroxyl groups excluding tert-OH is 1. The monoisotopic (exact) mass is 353 g/mol. The van der Waals surface area contributed by atoms with E-state index in [0.29, 0.717) is 38.9 Å². The molecule has 2 heterocycles. The molecule has 1 atom stereocenters. The van der Waals surface area contributed by atoms with Crippen LogP contribution in [0.4, 0.5) is 0 Å². The molecule has 2 aromatic carbocycles. The molecule has 1 unspecified atom stereocenters. The number of hydrogen-bond acceptors (Lipinski definition) is 5. The van der Waals surface area contributed by atoms with Gasteiger partial charge >= 0.3 is 0 Å². The molecule has 4 rings (SSSR count). The van der Waals surface area contributed by atoms with Crippen molar-refractivity contribution in [1.82, 2.24) is 4.57 Å². The van der Waals surface area contributed by atoms with Crippen LogP contribution in [0.1, 0.15) is 25.5 Å². The molecule has 3 aromatic rings. The molecule has 0 spiro atoms. The lowest BCUT2D eigenvalue weighted by molar-refractivity contribution is -0.143. The van der Waals surface area contributed by atoms with Crippen molar-refractivity contribution in [3.63, 3.8) is 0 Å². The highest BCUT2D eigenvalue weighted by atomic mass is 16.5. The van der Waals surface area contributed by atoms with Crippen LogP contribution in [0, 0.1) is 0 Å². The van der Waals surface area contributed by atoms with Crippen LogP contribution in [0.15, 0.2) is 35.1 Å². The molecule has 1 aromatic heterocycles. The summed E-state index contributed by atoms with van der Waals surface area (Å²) >= 11 is 0. The number of fused-ring (bicyclic) bond motifs is 4. The smallest absolute Gasteiger partial charge is 0.208 e. The van der Waals surface area contributed by atoms with Crippen molar-refractivity contribution in [3.8, 4) is 11.5 Å². The molecule has 0 saturated carbocycles. The van der Waals surface area contributed by atoms with Crippen LogP contribution in [0.5, 0.6) is 11.5 Å². The van der Waals surface area contributed by atoms with Crippen molar-refractivity contribution < 1.29 is 19.4 Å². The molecular weight excluding hydrogens is 334 g/mol. The normalized spacial score (nSPS) is 18.7. The van der Waals surface area contributed by atoms with E-state index in [1.165, 1.54) is 7.11 Å². The number of rotatable bonds is 1. The number of carbonyl (C=O) groups excluding carboxylic acids is 1. The third-order valence-corrected chi connectivity index (χ3v) is 5.04. The number of Topliss-reactive ketones (excluding diaryl/α,β-unsaturated/α-hetero) is 1. The Morgan fingerprint density at radius 1 is 1.23 bits per heavy atom. The summed E-state index contributed by atoms with van der Waals surface area (Å²) < 4.78 is 13.1. The number of ether oxygens (including phenoxy) is 2. The highest BCUT2D eigenvalue weighted by molar-refractivity contribution is 6.04. The van der Waals surface area contributed by atoms with Gasteiger partial charge in [0.1, 0.15) is 17.6 Å². The Morgan fingerprint density at radius 2 is 1.92 bits per heavy atom. The standard InChI is InChI=1S/C20H19NO5/c1-20(2)19(24)18(23)15-13(26-20)9-12(25-4)14-16(15)21(3)11-8-6-5-7-10(11)17(14)22/h5-9,18,23H,1-4H3. The number of aliphatic hydroxyl groups is 1. The van der Waals surface area contributed by atoms with E-state index in [2.05, 4.69) is 0 Å². The van der Waals surface area contributed by atoms with Crippen LogP contribution in [-0.4, -0.2) is 28.2 Å². The van der Waals surface area contributed by atoms with Gasteiger partial charge in [0.15, 0.2) is 5.60 Å². The van der Waals surface area contributed by atoms with Crippen molar-refractivity contribution >= 4 is 27.6 Å². The van der Waals surface area contributed by atoms with Crippen molar-refractivity contribution in [2.45, 2.75) is 25.6 Å². The fourth-order valence-corrected chi connectivity index (χ4v) is 3.71. The minimum atomic E-state index is -1.38. The second-order valence-corrected chi connectivity index (χ2v) is 7.00. The van der Waals surface area contributed by atoms with Gasteiger partial charge in [-0.25, -0.2) is 0 Å². The van der Waals surface area contributed by atoms with Crippen LogP contribution in [0.25, 0.3) is 21.8 Å². The molecule has 1 N–H and O–H groups in total. The van der Waals surface area contributed by atoms with E-state index in [9.17, 15) is 14.7 Å². The van der Waals surface area contributed by atoms with Crippen molar-refractivity contribution in [1.29, 1.82) is 0 Å². The maximum absolute atomic E-state index is 13.1. The first kappa shape index (κ1) is 16.6. The summed E-state index contributed by atoms with van der Waals surface area (Å²) in [5, 5.41) is 11.6. The first-order chi connectivity index (χ1) is 12.3. The lowest BCUT2D eigenvalue weighted by atomic mass is 9.88. The number of benzene rings is 2. The number of aryl methyl sites for hydroxylation is 1. The second-order valence-electron chi connectivity index (χ2n) is 7.00.